The topological polar surface area (TPSA) is 56.7 Å². The Bertz CT molecular complexity index is 3810. The summed E-state index contributed by atoms with van der Waals surface area (Å²) in [5.41, 5.74) is 7.70. The SMILES string of the molecule is c1ccc(-c2nc(-c3ccc4ccccc4c3)nc(-c3c4ccccc4cc4oc5ccc(-n6c7cc8ccccc8cc7c7cc8ccccc8cc76)cc5c34)n2)cc1. The zero-order chi connectivity index (χ0) is 39.3. The third-order valence-corrected chi connectivity index (χ3v) is 12.1. The predicted molar refractivity (Wildman–Crippen MR) is 248 cm³/mol. The summed E-state index contributed by atoms with van der Waals surface area (Å²) in [6.07, 6.45) is 0. The average Bonchev–Trinajstić information content (AvgIpc) is 3.82. The van der Waals surface area contributed by atoms with Crippen molar-refractivity contribution in [3.8, 4) is 39.9 Å². The van der Waals surface area contributed by atoms with Crippen molar-refractivity contribution in [3.63, 3.8) is 0 Å². The minimum atomic E-state index is 0.594. The van der Waals surface area contributed by atoms with E-state index in [1.807, 2.05) is 18.2 Å². The van der Waals surface area contributed by atoms with Gasteiger partial charge in [0, 0.05) is 43.9 Å². The highest BCUT2D eigenvalue weighted by molar-refractivity contribution is 6.21. The van der Waals surface area contributed by atoms with Crippen molar-refractivity contribution < 1.29 is 4.42 Å². The molecule has 3 aromatic heterocycles. The van der Waals surface area contributed by atoms with Gasteiger partial charge in [-0.1, -0.05) is 140 Å². The molecule has 0 atom stereocenters. The van der Waals surface area contributed by atoms with Crippen molar-refractivity contribution in [3.05, 3.63) is 194 Å². The second-order valence-corrected chi connectivity index (χ2v) is 15.6. The molecule has 0 aliphatic carbocycles. The van der Waals surface area contributed by atoms with Crippen molar-refractivity contribution >= 4 is 86.8 Å². The maximum atomic E-state index is 6.78. The highest BCUT2D eigenvalue weighted by atomic mass is 16.3. The van der Waals surface area contributed by atoms with Gasteiger partial charge in [-0.15, -0.1) is 0 Å². The van der Waals surface area contributed by atoms with E-state index in [0.29, 0.717) is 17.5 Å². The first kappa shape index (κ1) is 32.9. The van der Waals surface area contributed by atoms with Gasteiger partial charge >= 0.3 is 0 Å². The van der Waals surface area contributed by atoms with Crippen LogP contribution in [0.3, 0.4) is 0 Å². The largest absolute Gasteiger partial charge is 0.456 e. The van der Waals surface area contributed by atoms with E-state index in [4.69, 9.17) is 19.4 Å². The summed E-state index contributed by atoms with van der Waals surface area (Å²) in [4.78, 5) is 15.7. The molecule has 0 bridgehead atoms. The molecule has 60 heavy (non-hydrogen) atoms. The van der Waals surface area contributed by atoms with Crippen LogP contribution in [0.4, 0.5) is 0 Å². The molecular formula is C55H32N4O. The summed E-state index contributed by atoms with van der Waals surface area (Å²) in [5, 5.41) is 13.6. The quantitative estimate of drug-likeness (QED) is 0.179. The highest BCUT2D eigenvalue weighted by Crippen LogP contribution is 2.44. The monoisotopic (exact) mass is 764 g/mol. The van der Waals surface area contributed by atoms with Crippen LogP contribution in [0.1, 0.15) is 0 Å². The third-order valence-electron chi connectivity index (χ3n) is 12.1. The zero-order valence-corrected chi connectivity index (χ0v) is 32.2. The first-order valence-corrected chi connectivity index (χ1v) is 20.3. The molecule has 3 heterocycles. The average molecular weight is 765 g/mol. The summed E-state index contributed by atoms with van der Waals surface area (Å²) in [5.74, 6) is 1.82. The fourth-order valence-electron chi connectivity index (χ4n) is 9.29. The van der Waals surface area contributed by atoms with Crippen LogP contribution in [-0.2, 0) is 0 Å². The third kappa shape index (κ3) is 5.03. The van der Waals surface area contributed by atoms with E-state index in [1.54, 1.807) is 0 Å². The molecule has 0 N–H and O–H groups in total. The Hall–Kier alpha value is -8.15. The molecule has 0 unspecified atom stereocenters. The fourth-order valence-corrected chi connectivity index (χ4v) is 9.29. The molecule has 0 saturated heterocycles. The van der Waals surface area contributed by atoms with Gasteiger partial charge in [0.2, 0.25) is 0 Å². The number of fused-ring (bicyclic) bond motifs is 10. The molecule has 0 spiro atoms. The van der Waals surface area contributed by atoms with Gasteiger partial charge in [0.1, 0.15) is 11.2 Å². The summed E-state index contributed by atoms with van der Waals surface area (Å²) < 4.78 is 9.20. The second kappa shape index (κ2) is 12.7. The van der Waals surface area contributed by atoms with Crippen LogP contribution < -0.4 is 0 Å². The molecule has 0 amide bonds. The minimum absolute atomic E-state index is 0.594. The molecule has 5 nitrogen and oxygen atoms in total. The van der Waals surface area contributed by atoms with Crippen molar-refractivity contribution in [2.75, 3.05) is 0 Å². The molecule has 5 heteroatoms. The Morgan fingerprint density at radius 2 is 0.883 bits per heavy atom. The van der Waals surface area contributed by atoms with Crippen LogP contribution in [0, 0.1) is 0 Å². The highest BCUT2D eigenvalue weighted by Gasteiger charge is 2.23. The van der Waals surface area contributed by atoms with Crippen molar-refractivity contribution in [2.45, 2.75) is 0 Å². The second-order valence-electron chi connectivity index (χ2n) is 15.6. The maximum Gasteiger partial charge on any atom is 0.165 e. The standard InChI is InChI=1S/C55H32N4O/c1-2-13-34(14-3-1)53-56-54(41-23-22-33-12-4-5-15-35(33)26-41)58-55(57-53)52-43-21-11-10-20-40(43)31-50-51(52)46-32-42(24-25-49(46)60-50)59-47-29-38-18-8-6-16-36(38)27-44(47)45-28-37-17-7-9-19-39(37)30-48(45)59/h1-32H. The fraction of sp³-hybridized carbons (Fsp3) is 0. The van der Waals surface area contributed by atoms with E-state index < -0.39 is 0 Å². The molecule has 0 aliphatic heterocycles. The van der Waals surface area contributed by atoms with Gasteiger partial charge in [0.25, 0.3) is 0 Å². The summed E-state index contributed by atoms with van der Waals surface area (Å²) in [7, 11) is 0. The molecule has 10 aromatic carbocycles. The van der Waals surface area contributed by atoms with Crippen LogP contribution >= 0.6 is 0 Å². The first-order chi connectivity index (χ1) is 29.7. The van der Waals surface area contributed by atoms with Crippen LogP contribution in [0.15, 0.2) is 199 Å². The van der Waals surface area contributed by atoms with E-state index in [2.05, 4.69) is 180 Å². The molecule has 13 rings (SSSR count). The van der Waals surface area contributed by atoms with Gasteiger partial charge in [-0.25, -0.2) is 15.0 Å². The Morgan fingerprint density at radius 3 is 1.57 bits per heavy atom. The Labute approximate surface area is 343 Å². The smallest absolute Gasteiger partial charge is 0.165 e. The van der Waals surface area contributed by atoms with Gasteiger partial charge in [0.15, 0.2) is 17.5 Å². The first-order valence-electron chi connectivity index (χ1n) is 20.3. The Kier molecular flexibility index (Phi) is 6.95. The zero-order valence-electron chi connectivity index (χ0n) is 32.2. The summed E-state index contributed by atoms with van der Waals surface area (Å²) >= 11 is 0. The number of hydrogen-bond donors (Lipinski definition) is 0. The Morgan fingerprint density at radius 1 is 0.333 bits per heavy atom. The molecule has 0 fully saturated rings. The lowest BCUT2D eigenvalue weighted by Crippen LogP contribution is -2.01. The number of benzene rings is 10. The summed E-state index contributed by atoms with van der Waals surface area (Å²) in [6.45, 7) is 0. The van der Waals surface area contributed by atoms with Crippen molar-refractivity contribution in [2.24, 2.45) is 0 Å². The van der Waals surface area contributed by atoms with Crippen LogP contribution in [0.2, 0.25) is 0 Å². The Balaban J connectivity index is 1.12. The lowest BCUT2D eigenvalue weighted by atomic mass is 9.97. The van der Waals surface area contributed by atoms with E-state index in [-0.39, 0.29) is 0 Å². The van der Waals surface area contributed by atoms with E-state index in [0.717, 1.165) is 71.5 Å². The minimum Gasteiger partial charge on any atom is -0.456 e. The number of furan rings is 1. The lowest BCUT2D eigenvalue weighted by molar-refractivity contribution is 0.669. The van der Waals surface area contributed by atoms with Gasteiger partial charge in [-0.3, -0.25) is 0 Å². The van der Waals surface area contributed by atoms with Crippen molar-refractivity contribution in [1.82, 2.24) is 19.5 Å². The molecule has 0 saturated carbocycles. The van der Waals surface area contributed by atoms with Gasteiger partial charge in [0.05, 0.1) is 11.0 Å². The van der Waals surface area contributed by atoms with Gasteiger partial charge in [-0.05, 0) is 97.7 Å². The molecular weight excluding hydrogens is 733 g/mol. The van der Waals surface area contributed by atoms with E-state index in [9.17, 15) is 0 Å². The van der Waals surface area contributed by atoms with Crippen LogP contribution in [-0.4, -0.2) is 19.5 Å². The molecule has 278 valence electrons. The number of aromatic nitrogens is 4. The molecule has 13 aromatic rings. The predicted octanol–water partition coefficient (Wildman–Crippen LogP) is 14.5. The molecule has 0 aliphatic rings. The van der Waals surface area contributed by atoms with E-state index >= 15 is 0 Å². The van der Waals surface area contributed by atoms with Crippen LogP contribution in [0.25, 0.3) is 127 Å². The number of rotatable bonds is 4. The lowest BCUT2D eigenvalue weighted by Gasteiger charge is -2.12. The molecule has 0 radical (unpaired) electrons. The normalized spacial score (nSPS) is 12.0. The van der Waals surface area contributed by atoms with Gasteiger partial charge < -0.3 is 8.98 Å². The van der Waals surface area contributed by atoms with E-state index in [1.165, 1.54) is 37.7 Å². The summed E-state index contributed by atoms with van der Waals surface area (Å²) in [6, 6.07) is 68.7. The van der Waals surface area contributed by atoms with Crippen LogP contribution in [0.5, 0.6) is 0 Å². The van der Waals surface area contributed by atoms with Gasteiger partial charge in [-0.2, -0.15) is 0 Å². The maximum absolute atomic E-state index is 6.78. The number of hydrogen-bond acceptors (Lipinski definition) is 4. The van der Waals surface area contributed by atoms with Crippen molar-refractivity contribution in [1.29, 1.82) is 0 Å². The number of nitrogens with zero attached hydrogens (tertiary/aromatic N) is 4.